The maximum atomic E-state index is 12.7. The predicted octanol–water partition coefficient (Wildman–Crippen LogP) is 4.59. The molecular weight excluding hydrogens is 472 g/mol. The van der Waals surface area contributed by atoms with Crippen LogP contribution in [0.5, 0.6) is 28.7 Å². The van der Waals surface area contributed by atoms with Crippen molar-refractivity contribution in [2.45, 2.75) is 49.0 Å². The molecule has 0 spiro atoms. The van der Waals surface area contributed by atoms with Crippen LogP contribution in [-0.2, 0) is 14.6 Å². The summed E-state index contributed by atoms with van der Waals surface area (Å²) in [7, 11) is 4.40. The predicted molar refractivity (Wildman–Crippen MR) is 134 cm³/mol. The Kier molecular flexibility index (Phi) is 8.77. The van der Waals surface area contributed by atoms with Crippen LogP contribution in [-0.4, -0.2) is 62.9 Å². The molecule has 35 heavy (non-hydrogen) atoms. The Morgan fingerprint density at radius 2 is 1.26 bits per heavy atom. The van der Waals surface area contributed by atoms with Crippen LogP contribution in [0.3, 0.4) is 0 Å². The summed E-state index contributed by atoms with van der Waals surface area (Å²) < 4.78 is 59.3. The van der Waals surface area contributed by atoms with Gasteiger partial charge in [0.15, 0.2) is 32.8 Å². The molecule has 1 fully saturated rings. The van der Waals surface area contributed by atoms with Gasteiger partial charge in [0, 0.05) is 25.2 Å². The molecule has 194 valence electrons. The Hall–Kier alpha value is -2.65. The van der Waals surface area contributed by atoms with E-state index in [0.29, 0.717) is 29.6 Å². The third kappa shape index (κ3) is 5.46. The van der Waals surface area contributed by atoms with Crippen molar-refractivity contribution in [3.8, 4) is 28.7 Å². The lowest BCUT2D eigenvalue weighted by atomic mass is 9.89. The molecule has 9 heteroatoms. The summed E-state index contributed by atoms with van der Waals surface area (Å²) in [5.41, 5.74) is 1.85. The van der Waals surface area contributed by atoms with Gasteiger partial charge >= 0.3 is 0 Å². The molecule has 0 bridgehead atoms. The molecule has 3 atom stereocenters. The van der Waals surface area contributed by atoms with Crippen LogP contribution in [0.1, 0.15) is 49.1 Å². The second-order valence-corrected chi connectivity index (χ2v) is 10.6. The average molecular weight is 509 g/mol. The molecule has 1 saturated carbocycles. The highest BCUT2D eigenvalue weighted by Gasteiger charge is 2.40. The highest BCUT2D eigenvalue weighted by molar-refractivity contribution is 7.90. The first-order valence-corrected chi connectivity index (χ1v) is 13.5. The van der Waals surface area contributed by atoms with Crippen molar-refractivity contribution in [2.75, 3.05) is 48.4 Å². The van der Waals surface area contributed by atoms with Crippen molar-refractivity contribution in [3.05, 3.63) is 35.4 Å². The summed E-state index contributed by atoms with van der Waals surface area (Å²) in [6, 6.07) is 7.47. The molecule has 0 N–H and O–H groups in total. The number of rotatable bonds is 11. The van der Waals surface area contributed by atoms with Gasteiger partial charge in [-0.3, -0.25) is 0 Å². The van der Waals surface area contributed by atoms with Gasteiger partial charge in [0.25, 0.3) is 0 Å². The molecular formula is C26H36O8S. The van der Waals surface area contributed by atoms with E-state index >= 15 is 0 Å². The molecule has 0 heterocycles. The smallest absolute Gasteiger partial charge is 0.203 e. The highest BCUT2D eigenvalue weighted by Crippen LogP contribution is 2.50. The van der Waals surface area contributed by atoms with Crippen molar-refractivity contribution in [1.29, 1.82) is 0 Å². The number of benzene rings is 2. The molecule has 3 rings (SSSR count). The van der Waals surface area contributed by atoms with Gasteiger partial charge in [0.1, 0.15) is 4.90 Å². The zero-order chi connectivity index (χ0) is 25.8. The second-order valence-electron chi connectivity index (χ2n) is 8.62. The molecule has 0 aliphatic heterocycles. The fraction of sp³-hybridized carbons (Fsp3) is 0.538. The van der Waals surface area contributed by atoms with Crippen LogP contribution in [0, 0.1) is 0 Å². The van der Waals surface area contributed by atoms with Crippen LogP contribution >= 0.6 is 0 Å². The van der Waals surface area contributed by atoms with E-state index in [1.54, 1.807) is 34.5 Å². The number of sulfone groups is 1. The van der Waals surface area contributed by atoms with E-state index in [1.165, 1.54) is 13.4 Å². The monoisotopic (exact) mass is 508 g/mol. The van der Waals surface area contributed by atoms with E-state index in [0.717, 1.165) is 30.4 Å². The molecule has 2 aromatic carbocycles. The molecule has 1 aliphatic rings. The largest absolute Gasteiger partial charge is 0.493 e. The zero-order valence-electron chi connectivity index (χ0n) is 21.5. The third-order valence-electron chi connectivity index (χ3n) is 6.51. The summed E-state index contributed by atoms with van der Waals surface area (Å²) in [6.45, 7) is 2.36. The lowest BCUT2D eigenvalue weighted by molar-refractivity contribution is 0.0804. The van der Waals surface area contributed by atoms with E-state index in [-0.39, 0.29) is 28.6 Å². The van der Waals surface area contributed by atoms with E-state index in [4.69, 9.17) is 28.4 Å². The molecule has 1 aliphatic carbocycles. The van der Waals surface area contributed by atoms with E-state index in [2.05, 4.69) is 0 Å². The molecule has 2 aromatic rings. The summed E-state index contributed by atoms with van der Waals surface area (Å²) in [5, 5.41) is 0. The van der Waals surface area contributed by atoms with Gasteiger partial charge in [0.05, 0.1) is 41.2 Å². The lowest BCUT2D eigenvalue weighted by Gasteiger charge is -2.26. The van der Waals surface area contributed by atoms with Crippen molar-refractivity contribution in [2.24, 2.45) is 0 Å². The van der Waals surface area contributed by atoms with E-state index in [9.17, 15) is 8.42 Å². The maximum Gasteiger partial charge on any atom is 0.203 e. The van der Waals surface area contributed by atoms with Gasteiger partial charge in [-0.15, -0.1) is 0 Å². The van der Waals surface area contributed by atoms with Gasteiger partial charge in [-0.2, -0.15) is 0 Å². The molecule has 0 aromatic heterocycles. The Balaban J connectivity index is 2.07. The summed E-state index contributed by atoms with van der Waals surface area (Å²) in [6.07, 6.45) is 3.38. The number of hydrogen-bond acceptors (Lipinski definition) is 8. The van der Waals surface area contributed by atoms with Gasteiger partial charge in [0.2, 0.25) is 5.75 Å². The standard InChI is InChI=1S/C26H36O8S/c1-8-11-34-26-22(31-4)14-17(15-23(26)35(7,27)28)19-10-9-18(24(19)32-5)16-12-20(29-2)25(33-6)21(13-16)30-3/h12-15,18-19,24H,8-11H2,1-7H3/t18-,19+,24+/m1/s1. The number of methoxy groups -OCH3 is 5. The van der Waals surface area contributed by atoms with Crippen molar-refractivity contribution < 1.29 is 36.8 Å². The lowest BCUT2D eigenvalue weighted by Crippen LogP contribution is -2.22. The zero-order valence-corrected chi connectivity index (χ0v) is 22.4. The van der Waals surface area contributed by atoms with Crippen molar-refractivity contribution in [3.63, 3.8) is 0 Å². The van der Waals surface area contributed by atoms with Crippen molar-refractivity contribution >= 4 is 9.84 Å². The second kappa shape index (κ2) is 11.4. The van der Waals surface area contributed by atoms with Gasteiger partial charge in [-0.05, 0) is 54.7 Å². The van der Waals surface area contributed by atoms with Crippen LogP contribution < -0.4 is 23.7 Å². The normalized spacial score (nSPS) is 19.9. The van der Waals surface area contributed by atoms with E-state index < -0.39 is 9.84 Å². The molecule has 0 saturated heterocycles. The van der Waals surface area contributed by atoms with Crippen LogP contribution in [0.15, 0.2) is 29.2 Å². The summed E-state index contributed by atoms with van der Waals surface area (Å²) in [4.78, 5) is 0.131. The molecule has 0 unspecified atom stereocenters. The molecule has 8 nitrogen and oxygen atoms in total. The minimum Gasteiger partial charge on any atom is -0.493 e. The fourth-order valence-electron chi connectivity index (χ4n) is 4.91. The first-order chi connectivity index (χ1) is 16.7. The SMILES string of the molecule is CCCOc1c(OC)cc([C@@H]2CC[C@H](c3cc(OC)c(OC)c(OC)c3)[C@@H]2OC)cc1S(C)(=O)=O. The Morgan fingerprint density at radius 3 is 1.66 bits per heavy atom. The third-order valence-corrected chi connectivity index (χ3v) is 7.61. The Labute approximate surface area is 208 Å². The maximum absolute atomic E-state index is 12.7. The highest BCUT2D eigenvalue weighted by atomic mass is 32.2. The first-order valence-electron chi connectivity index (χ1n) is 11.6. The summed E-state index contributed by atoms with van der Waals surface area (Å²) in [5.74, 6) is 2.36. The van der Waals surface area contributed by atoms with Gasteiger partial charge in [-0.1, -0.05) is 6.92 Å². The first kappa shape index (κ1) is 26.9. The fourth-order valence-corrected chi connectivity index (χ4v) is 5.76. The van der Waals surface area contributed by atoms with Crippen molar-refractivity contribution in [1.82, 2.24) is 0 Å². The Morgan fingerprint density at radius 1 is 0.771 bits per heavy atom. The summed E-state index contributed by atoms with van der Waals surface area (Å²) >= 11 is 0. The van der Waals surface area contributed by atoms with E-state index in [1.807, 2.05) is 25.1 Å². The molecule has 0 amide bonds. The number of ether oxygens (including phenoxy) is 6. The van der Waals surface area contributed by atoms with Crippen LogP contribution in [0.25, 0.3) is 0 Å². The number of hydrogen-bond donors (Lipinski definition) is 0. The topological polar surface area (TPSA) is 89.5 Å². The quantitative estimate of drug-likeness (QED) is 0.435. The average Bonchev–Trinajstić information content (AvgIpc) is 3.29. The minimum atomic E-state index is -3.56. The van der Waals surface area contributed by atoms with Crippen LogP contribution in [0.2, 0.25) is 0 Å². The van der Waals surface area contributed by atoms with Crippen LogP contribution in [0.4, 0.5) is 0 Å². The Bertz CT molecular complexity index is 1100. The van der Waals surface area contributed by atoms with Gasteiger partial charge < -0.3 is 28.4 Å². The minimum absolute atomic E-state index is 0.0429. The molecule has 0 radical (unpaired) electrons. The van der Waals surface area contributed by atoms with Gasteiger partial charge in [-0.25, -0.2) is 8.42 Å².